The van der Waals surface area contributed by atoms with Gasteiger partial charge in [0.25, 0.3) is 0 Å². The van der Waals surface area contributed by atoms with E-state index in [0.717, 1.165) is 28.1 Å². The second-order valence-corrected chi connectivity index (χ2v) is 15.5. The number of fused-ring (bicyclic) bond motifs is 9. The van der Waals surface area contributed by atoms with E-state index in [4.69, 9.17) is 15.0 Å². The molecule has 0 aliphatic rings. The van der Waals surface area contributed by atoms with Gasteiger partial charge in [0, 0.05) is 69.8 Å². The molecule has 12 aromatic rings. The van der Waals surface area contributed by atoms with E-state index < -0.39 is 0 Å². The lowest BCUT2D eigenvalue weighted by atomic mass is 10.1. The number of nitrogens with zero attached hydrogens (tertiary/aromatic N) is 5. The van der Waals surface area contributed by atoms with Crippen LogP contribution in [0, 0.1) is 0 Å². The van der Waals surface area contributed by atoms with E-state index >= 15 is 0 Å². The minimum atomic E-state index is 0.660. The van der Waals surface area contributed by atoms with Gasteiger partial charge in [0.05, 0.1) is 22.1 Å². The summed E-state index contributed by atoms with van der Waals surface area (Å²) >= 11 is 1.81. The summed E-state index contributed by atoms with van der Waals surface area (Å²) in [5.74, 6) is 1.98. The van der Waals surface area contributed by atoms with Gasteiger partial charge in [-0.15, -0.1) is 11.3 Å². The molecular weight excluding hydrogens is 715 g/mol. The van der Waals surface area contributed by atoms with Crippen LogP contribution in [-0.4, -0.2) is 24.1 Å². The van der Waals surface area contributed by atoms with Crippen LogP contribution >= 0.6 is 11.3 Å². The molecule has 0 aliphatic heterocycles. The molecule has 0 saturated heterocycles. The zero-order chi connectivity index (χ0) is 37.5. The van der Waals surface area contributed by atoms with Gasteiger partial charge in [-0.3, -0.25) is 0 Å². The fourth-order valence-corrected chi connectivity index (χ4v) is 9.67. The lowest BCUT2D eigenvalue weighted by Crippen LogP contribution is -1.99. The third kappa shape index (κ3) is 5.04. The normalized spacial score (nSPS) is 11.9. The number of para-hydroxylation sites is 3. The molecule has 0 atom stereocenters. The lowest BCUT2D eigenvalue weighted by Gasteiger charge is -2.10. The molecule has 266 valence electrons. The first kappa shape index (κ1) is 31.9. The summed E-state index contributed by atoms with van der Waals surface area (Å²) in [6.45, 7) is 0. The molecular formula is C51H31N5S. The maximum atomic E-state index is 5.00. The minimum Gasteiger partial charge on any atom is -0.309 e. The van der Waals surface area contributed by atoms with Gasteiger partial charge in [-0.2, -0.15) is 0 Å². The molecule has 0 bridgehead atoms. The molecule has 0 amide bonds. The maximum Gasteiger partial charge on any atom is 0.164 e. The Hall–Kier alpha value is -7.41. The number of aromatic nitrogens is 5. The molecule has 0 spiro atoms. The van der Waals surface area contributed by atoms with E-state index in [9.17, 15) is 0 Å². The first-order valence-corrected chi connectivity index (χ1v) is 19.9. The van der Waals surface area contributed by atoms with E-state index in [0.29, 0.717) is 17.5 Å². The summed E-state index contributed by atoms with van der Waals surface area (Å²) < 4.78 is 7.28. The van der Waals surface area contributed by atoms with Gasteiger partial charge in [-0.1, -0.05) is 127 Å². The predicted molar refractivity (Wildman–Crippen MR) is 238 cm³/mol. The summed E-state index contributed by atoms with van der Waals surface area (Å²) in [7, 11) is 0. The number of benzene rings is 8. The van der Waals surface area contributed by atoms with Gasteiger partial charge >= 0.3 is 0 Å². The predicted octanol–water partition coefficient (Wildman–Crippen LogP) is 13.4. The maximum absolute atomic E-state index is 5.00. The smallest absolute Gasteiger partial charge is 0.164 e. The van der Waals surface area contributed by atoms with Crippen molar-refractivity contribution in [2.45, 2.75) is 0 Å². The summed E-state index contributed by atoms with van der Waals surface area (Å²) in [5, 5.41) is 7.41. The van der Waals surface area contributed by atoms with Gasteiger partial charge in [0.15, 0.2) is 17.5 Å². The van der Waals surface area contributed by atoms with Crippen molar-refractivity contribution in [2.75, 3.05) is 0 Å². The average molecular weight is 746 g/mol. The number of rotatable bonds is 5. The Bertz CT molecular complexity index is 3450. The van der Waals surface area contributed by atoms with Gasteiger partial charge < -0.3 is 9.13 Å². The van der Waals surface area contributed by atoms with Crippen LogP contribution in [0.3, 0.4) is 0 Å². The molecule has 4 aromatic heterocycles. The molecule has 4 heterocycles. The highest BCUT2D eigenvalue weighted by Crippen LogP contribution is 2.42. The standard InChI is InChI=1S/C51H31N5S/c1-4-14-32(15-5-1)49-52-50(33-16-6-2-7-17-33)54-51(53-49)34-24-26-39-42-29-36(25-27-47(42)57-48(39)28-34)56-44-23-13-11-21-38(44)41-30-45-40(31-46(41)56)37-20-10-12-22-43(37)55(45)35-18-8-3-9-19-35/h1-31H. The average Bonchev–Trinajstić information content (AvgIpc) is 3.93. The third-order valence-electron chi connectivity index (χ3n) is 11.2. The Balaban J connectivity index is 1.03. The molecule has 6 heteroatoms. The molecule has 8 aromatic carbocycles. The second-order valence-electron chi connectivity index (χ2n) is 14.5. The highest BCUT2D eigenvalue weighted by Gasteiger charge is 2.20. The van der Waals surface area contributed by atoms with Crippen molar-refractivity contribution in [2.24, 2.45) is 0 Å². The number of hydrogen-bond acceptors (Lipinski definition) is 4. The molecule has 57 heavy (non-hydrogen) atoms. The zero-order valence-corrected chi connectivity index (χ0v) is 31.4. The molecule has 0 radical (unpaired) electrons. The fraction of sp³-hybridized carbons (Fsp3) is 0. The third-order valence-corrected chi connectivity index (χ3v) is 12.3. The molecule has 0 saturated carbocycles. The van der Waals surface area contributed by atoms with E-state index in [1.54, 1.807) is 11.3 Å². The van der Waals surface area contributed by atoms with Crippen molar-refractivity contribution in [3.8, 4) is 45.5 Å². The first-order chi connectivity index (χ1) is 28.2. The molecule has 0 N–H and O–H groups in total. The summed E-state index contributed by atoms with van der Waals surface area (Å²) in [4.78, 5) is 14.9. The monoisotopic (exact) mass is 745 g/mol. The molecule has 0 aliphatic carbocycles. The van der Waals surface area contributed by atoms with Crippen LogP contribution in [0.1, 0.15) is 0 Å². The van der Waals surface area contributed by atoms with Gasteiger partial charge in [0.2, 0.25) is 0 Å². The van der Waals surface area contributed by atoms with Crippen molar-refractivity contribution in [3.63, 3.8) is 0 Å². The zero-order valence-electron chi connectivity index (χ0n) is 30.5. The van der Waals surface area contributed by atoms with E-state index in [2.05, 4.69) is 137 Å². The van der Waals surface area contributed by atoms with Gasteiger partial charge in [-0.25, -0.2) is 15.0 Å². The topological polar surface area (TPSA) is 48.5 Å². The Labute approximate surface area is 331 Å². The SMILES string of the molecule is c1ccc(-c2nc(-c3ccccc3)nc(-c3ccc4c(c3)sc3ccc(-n5c6ccccc6c6cc7c(cc65)c5ccccc5n7-c5ccccc5)cc34)n2)cc1. The lowest BCUT2D eigenvalue weighted by molar-refractivity contribution is 1.07. The van der Waals surface area contributed by atoms with Gasteiger partial charge in [-0.05, 0) is 60.7 Å². The van der Waals surface area contributed by atoms with Crippen molar-refractivity contribution >= 4 is 75.1 Å². The van der Waals surface area contributed by atoms with Crippen molar-refractivity contribution < 1.29 is 0 Å². The Kier molecular flexibility index (Phi) is 7.03. The van der Waals surface area contributed by atoms with E-state index in [1.807, 2.05) is 60.7 Å². The van der Waals surface area contributed by atoms with Crippen LogP contribution in [-0.2, 0) is 0 Å². The number of hydrogen-bond donors (Lipinski definition) is 0. The van der Waals surface area contributed by atoms with Crippen molar-refractivity contribution in [1.29, 1.82) is 0 Å². The number of thiophene rings is 1. The van der Waals surface area contributed by atoms with Crippen LogP contribution in [0.5, 0.6) is 0 Å². The fourth-order valence-electron chi connectivity index (χ4n) is 8.55. The largest absolute Gasteiger partial charge is 0.309 e. The van der Waals surface area contributed by atoms with E-state index in [-0.39, 0.29) is 0 Å². The van der Waals surface area contributed by atoms with Crippen LogP contribution in [0.4, 0.5) is 0 Å². The van der Waals surface area contributed by atoms with Crippen LogP contribution < -0.4 is 0 Å². The summed E-state index contributed by atoms with van der Waals surface area (Å²) in [6, 6.07) is 66.8. The first-order valence-electron chi connectivity index (χ1n) is 19.1. The molecule has 12 rings (SSSR count). The Morgan fingerprint density at radius 2 is 0.807 bits per heavy atom. The van der Waals surface area contributed by atoms with Gasteiger partial charge in [0.1, 0.15) is 0 Å². The second kappa shape index (κ2) is 12.6. The summed E-state index contributed by atoms with van der Waals surface area (Å²) in [6.07, 6.45) is 0. The van der Waals surface area contributed by atoms with Crippen molar-refractivity contribution in [1.82, 2.24) is 24.1 Å². The quantitative estimate of drug-likeness (QED) is 0.176. The Morgan fingerprint density at radius 1 is 0.298 bits per heavy atom. The molecule has 0 fully saturated rings. The molecule has 0 unspecified atom stereocenters. The minimum absolute atomic E-state index is 0.660. The van der Waals surface area contributed by atoms with Crippen LogP contribution in [0.2, 0.25) is 0 Å². The van der Waals surface area contributed by atoms with Crippen LogP contribution in [0.25, 0.3) is 109 Å². The highest BCUT2D eigenvalue weighted by molar-refractivity contribution is 7.25. The summed E-state index contributed by atoms with van der Waals surface area (Å²) in [5.41, 5.74) is 9.98. The van der Waals surface area contributed by atoms with Crippen molar-refractivity contribution in [3.05, 3.63) is 188 Å². The van der Waals surface area contributed by atoms with E-state index in [1.165, 1.54) is 63.8 Å². The van der Waals surface area contributed by atoms with Crippen LogP contribution in [0.15, 0.2) is 188 Å². The molecule has 5 nitrogen and oxygen atoms in total. The Morgan fingerprint density at radius 3 is 1.40 bits per heavy atom. The highest BCUT2D eigenvalue weighted by atomic mass is 32.1.